The first kappa shape index (κ1) is 14.3. The Hall–Kier alpha value is -0.130. The van der Waals surface area contributed by atoms with Crippen molar-refractivity contribution in [3.8, 4) is 0 Å². The Kier molecular flexibility index (Phi) is 4.34. The first-order valence-electron chi connectivity index (χ1n) is 6.03. The van der Waals surface area contributed by atoms with Crippen molar-refractivity contribution >= 4 is 37.7 Å². The molecule has 0 bridgehead atoms. The molecule has 0 aromatic carbocycles. The van der Waals surface area contributed by atoms with E-state index in [1.807, 2.05) is 6.92 Å². The van der Waals surface area contributed by atoms with Gasteiger partial charge in [0.1, 0.15) is 5.82 Å². The molecule has 1 unspecified atom stereocenters. The lowest BCUT2D eigenvalue weighted by atomic mass is 10.1. The predicted octanol–water partition coefficient (Wildman–Crippen LogP) is 3.53. The van der Waals surface area contributed by atoms with Crippen molar-refractivity contribution in [2.24, 2.45) is 0 Å². The fourth-order valence-corrected chi connectivity index (χ4v) is 2.82. The second-order valence-corrected chi connectivity index (χ2v) is 6.77. The Morgan fingerprint density at radius 1 is 1.50 bits per heavy atom. The number of alkyl halides is 1. The van der Waals surface area contributed by atoms with Gasteiger partial charge in [0.25, 0.3) is 0 Å². The van der Waals surface area contributed by atoms with E-state index in [9.17, 15) is 0 Å². The number of rotatable bonds is 2. The summed E-state index contributed by atoms with van der Waals surface area (Å²) < 4.78 is 7.05. The third kappa shape index (κ3) is 3.25. The van der Waals surface area contributed by atoms with E-state index in [0.29, 0.717) is 0 Å². The van der Waals surface area contributed by atoms with Gasteiger partial charge in [-0.2, -0.15) is 0 Å². The molecule has 2 rings (SSSR count). The van der Waals surface area contributed by atoms with E-state index in [1.54, 1.807) is 0 Å². The van der Waals surface area contributed by atoms with Crippen molar-refractivity contribution in [3.63, 3.8) is 0 Å². The van der Waals surface area contributed by atoms with Crippen LogP contribution in [-0.4, -0.2) is 35.1 Å². The van der Waals surface area contributed by atoms with Gasteiger partial charge in [-0.25, -0.2) is 4.98 Å². The molecule has 100 valence electrons. The number of aryl methyl sites for hydroxylation is 1. The van der Waals surface area contributed by atoms with Gasteiger partial charge in [0.15, 0.2) is 0 Å². The Morgan fingerprint density at radius 2 is 2.22 bits per heavy atom. The molecule has 3 nitrogen and oxygen atoms in total. The fourth-order valence-electron chi connectivity index (χ4n) is 2.26. The van der Waals surface area contributed by atoms with Crippen LogP contribution in [0.3, 0.4) is 0 Å². The lowest BCUT2D eigenvalue weighted by molar-refractivity contribution is -0.0726. The first-order valence-corrected chi connectivity index (χ1v) is 7.94. The van der Waals surface area contributed by atoms with Crippen LogP contribution < -0.4 is 4.90 Å². The van der Waals surface area contributed by atoms with Gasteiger partial charge in [0.05, 0.1) is 17.4 Å². The minimum absolute atomic E-state index is 0.140. The van der Waals surface area contributed by atoms with Crippen molar-refractivity contribution in [3.05, 3.63) is 22.3 Å². The van der Waals surface area contributed by atoms with Crippen LogP contribution in [0.5, 0.6) is 0 Å². The molecular weight excluding hydrogens is 360 g/mol. The number of ether oxygens (including phenoxy) is 1. The smallest absolute Gasteiger partial charge is 0.129 e. The second-order valence-electron chi connectivity index (χ2n) is 5.27. The molecule has 1 saturated heterocycles. The van der Waals surface area contributed by atoms with Gasteiger partial charge in [-0.15, -0.1) is 0 Å². The van der Waals surface area contributed by atoms with Crippen LogP contribution >= 0.6 is 31.9 Å². The summed E-state index contributed by atoms with van der Waals surface area (Å²) in [7, 11) is 0. The molecule has 1 aromatic heterocycles. The summed E-state index contributed by atoms with van der Waals surface area (Å²) in [6, 6.07) is 4.12. The molecular formula is C13H18Br2N2O. The predicted molar refractivity (Wildman–Crippen MR) is 81.6 cm³/mol. The van der Waals surface area contributed by atoms with Gasteiger partial charge < -0.3 is 9.64 Å². The zero-order chi connectivity index (χ0) is 13.3. The molecule has 2 heterocycles. The summed E-state index contributed by atoms with van der Waals surface area (Å²) in [6.07, 6.45) is 0.208. The summed E-state index contributed by atoms with van der Waals surface area (Å²) >= 11 is 7.00. The highest BCUT2D eigenvalue weighted by Crippen LogP contribution is 2.27. The van der Waals surface area contributed by atoms with E-state index in [2.05, 4.69) is 67.7 Å². The molecule has 0 spiro atoms. The van der Waals surface area contributed by atoms with Gasteiger partial charge in [0, 0.05) is 22.9 Å². The summed E-state index contributed by atoms with van der Waals surface area (Å²) in [4.78, 5) is 6.94. The van der Waals surface area contributed by atoms with Crippen LogP contribution in [0.1, 0.15) is 19.5 Å². The quantitative estimate of drug-likeness (QED) is 0.737. The van der Waals surface area contributed by atoms with Gasteiger partial charge in [-0.3, -0.25) is 0 Å². The number of hydrogen-bond acceptors (Lipinski definition) is 3. The maximum Gasteiger partial charge on any atom is 0.129 e. The van der Waals surface area contributed by atoms with Crippen LogP contribution in [0.15, 0.2) is 16.6 Å². The lowest BCUT2D eigenvalue weighted by Crippen LogP contribution is -2.53. The third-order valence-electron chi connectivity index (χ3n) is 2.98. The molecule has 0 aliphatic carbocycles. The van der Waals surface area contributed by atoms with Crippen molar-refractivity contribution in [1.82, 2.24) is 4.98 Å². The van der Waals surface area contributed by atoms with E-state index >= 15 is 0 Å². The topological polar surface area (TPSA) is 25.4 Å². The minimum atomic E-state index is -0.140. The van der Waals surface area contributed by atoms with E-state index in [0.717, 1.165) is 34.4 Å². The largest absolute Gasteiger partial charge is 0.368 e. The SMILES string of the molecule is Cc1nc(N2CC(CBr)OC(C)(C)C2)ccc1Br. The molecule has 1 atom stereocenters. The number of aromatic nitrogens is 1. The summed E-state index contributed by atoms with van der Waals surface area (Å²) in [5, 5.41) is 0.850. The van der Waals surface area contributed by atoms with Crippen molar-refractivity contribution in [2.45, 2.75) is 32.5 Å². The standard InChI is InChI=1S/C13H18Br2N2O/c1-9-11(15)4-5-12(16-9)17-7-10(6-14)18-13(2,3)8-17/h4-5,10H,6-8H2,1-3H3. The highest BCUT2D eigenvalue weighted by molar-refractivity contribution is 9.10. The van der Waals surface area contributed by atoms with E-state index in [-0.39, 0.29) is 11.7 Å². The summed E-state index contributed by atoms with van der Waals surface area (Å²) in [6.45, 7) is 8.01. The normalized spacial score (nSPS) is 23.2. The second kappa shape index (κ2) is 5.47. The zero-order valence-corrected chi connectivity index (χ0v) is 14.1. The Balaban J connectivity index is 2.23. The number of pyridine rings is 1. The lowest BCUT2D eigenvalue weighted by Gasteiger charge is -2.43. The maximum atomic E-state index is 6.00. The molecule has 0 saturated carbocycles. The molecule has 1 fully saturated rings. The third-order valence-corrected chi connectivity index (χ3v) is 4.54. The van der Waals surface area contributed by atoms with Crippen LogP contribution in [0.4, 0.5) is 5.82 Å². The highest BCUT2D eigenvalue weighted by atomic mass is 79.9. The Bertz CT molecular complexity index is 437. The zero-order valence-electron chi connectivity index (χ0n) is 10.9. The molecule has 1 aromatic rings. The number of nitrogens with zero attached hydrogens (tertiary/aromatic N) is 2. The van der Waals surface area contributed by atoms with Gasteiger partial charge in [-0.05, 0) is 48.8 Å². The molecule has 0 amide bonds. The molecule has 1 aliphatic heterocycles. The molecule has 0 radical (unpaired) electrons. The fraction of sp³-hybridized carbons (Fsp3) is 0.615. The average molecular weight is 378 g/mol. The van der Waals surface area contributed by atoms with Crippen molar-refractivity contribution in [2.75, 3.05) is 23.3 Å². The maximum absolute atomic E-state index is 6.00. The molecule has 5 heteroatoms. The van der Waals surface area contributed by atoms with Crippen molar-refractivity contribution < 1.29 is 4.74 Å². The minimum Gasteiger partial charge on any atom is -0.368 e. The van der Waals surface area contributed by atoms with Crippen LogP contribution in [0.2, 0.25) is 0 Å². The summed E-state index contributed by atoms with van der Waals surface area (Å²) in [5.74, 6) is 1.03. The number of morpholine rings is 1. The first-order chi connectivity index (χ1) is 8.41. The number of hydrogen-bond donors (Lipinski definition) is 0. The van der Waals surface area contributed by atoms with Gasteiger partial charge in [0.2, 0.25) is 0 Å². The summed E-state index contributed by atoms with van der Waals surface area (Å²) in [5.41, 5.74) is 0.881. The molecule has 1 aliphatic rings. The van der Waals surface area contributed by atoms with Gasteiger partial charge >= 0.3 is 0 Å². The van der Waals surface area contributed by atoms with E-state index < -0.39 is 0 Å². The van der Waals surface area contributed by atoms with Gasteiger partial charge in [-0.1, -0.05) is 15.9 Å². The Labute approximate surface area is 125 Å². The molecule has 18 heavy (non-hydrogen) atoms. The van der Waals surface area contributed by atoms with E-state index in [1.165, 1.54) is 0 Å². The van der Waals surface area contributed by atoms with Crippen molar-refractivity contribution in [1.29, 1.82) is 0 Å². The number of halogens is 2. The Morgan fingerprint density at radius 3 is 2.83 bits per heavy atom. The van der Waals surface area contributed by atoms with E-state index in [4.69, 9.17) is 4.74 Å². The number of anilines is 1. The highest BCUT2D eigenvalue weighted by Gasteiger charge is 2.33. The monoisotopic (exact) mass is 376 g/mol. The molecule has 0 N–H and O–H groups in total. The van der Waals surface area contributed by atoms with Crippen LogP contribution in [0, 0.1) is 6.92 Å². The average Bonchev–Trinajstić information content (AvgIpc) is 2.30. The van der Waals surface area contributed by atoms with Crippen LogP contribution in [-0.2, 0) is 4.74 Å². The van der Waals surface area contributed by atoms with Crippen LogP contribution in [0.25, 0.3) is 0 Å².